The Morgan fingerprint density at radius 1 is 1.00 bits per heavy atom. The summed E-state index contributed by atoms with van der Waals surface area (Å²) in [7, 11) is 0. The van der Waals surface area contributed by atoms with E-state index in [1.165, 1.54) is 0 Å². The Bertz CT molecular complexity index is 961. The Kier molecular flexibility index (Phi) is 5.55. The first-order chi connectivity index (χ1) is 13.7. The molecule has 0 atom stereocenters. The quantitative estimate of drug-likeness (QED) is 0.670. The zero-order chi connectivity index (χ0) is 19.3. The van der Waals surface area contributed by atoms with Crippen molar-refractivity contribution in [1.29, 1.82) is 0 Å². The van der Waals surface area contributed by atoms with Crippen LogP contribution < -0.4 is 15.5 Å². The second-order valence-corrected chi connectivity index (χ2v) is 6.85. The molecule has 0 aliphatic carbocycles. The van der Waals surface area contributed by atoms with E-state index in [2.05, 4.69) is 36.8 Å². The first kappa shape index (κ1) is 18.5. The van der Waals surface area contributed by atoms with E-state index in [0.29, 0.717) is 16.8 Å². The summed E-state index contributed by atoms with van der Waals surface area (Å²) in [5, 5.41) is 15.4. The maximum atomic E-state index is 6.19. The standard InChI is InChI=1S/C20H21ClN6O/c1-14-15(21)5-4-7-16(14)24-20-25-19(13-22-26-20)23-17-6-2-3-8-18(17)27-9-11-28-12-10-27/h2-8,13H,9-12H2,1H3,(H2,23,24,25,26). The van der Waals surface area contributed by atoms with Crippen LogP contribution in [0.2, 0.25) is 5.02 Å². The van der Waals surface area contributed by atoms with Crippen molar-refractivity contribution < 1.29 is 4.74 Å². The van der Waals surface area contributed by atoms with Crippen molar-refractivity contribution in [2.45, 2.75) is 6.92 Å². The van der Waals surface area contributed by atoms with Crippen LogP contribution in [0.25, 0.3) is 0 Å². The summed E-state index contributed by atoms with van der Waals surface area (Å²) in [6.45, 7) is 5.13. The van der Waals surface area contributed by atoms with E-state index in [-0.39, 0.29) is 0 Å². The van der Waals surface area contributed by atoms with Crippen molar-refractivity contribution in [2.24, 2.45) is 0 Å². The number of rotatable bonds is 5. The monoisotopic (exact) mass is 396 g/mol. The Labute approximate surface area is 168 Å². The van der Waals surface area contributed by atoms with Crippen LogP contribution in [-0.2, 0) is 4.74 Å². The lowest BCUT2D eigenvalue weighted by Gasteiger charge is -2.30. The number of anilines is 5. The fraction of sp³-hybridized carbons (Fsp3) is 0.250. The molecule has 1 saturated heterocycles. The summed E-state index contributed by atoms with van der Waals surface area (Å²) in [5.41, 5.74) is 3.86. The number of para-hydroxylation sites is 2. The van der Waals surface area contributed by atoms with Crippen LogP contribution in [0.1, 0.15) is 5.56 Å². The van der Waals surface area contributed by atoms with Crippen LogP contribution in [-0.4, -0.2) is 41.5 Å². The van der Waals surface area contributed by atoms with Crippen molar-refractivity contribution >= 4 is 40.4 Å². The van der Waals surface area contributed by atoms with Crippen LogP contribution in [0.5, 0.6) is 0 Å². The second kappa shape index (κ2) is 8.41. The number of hydrogen-bond acceptors (Lipinski definition) is 7. The molecule has 2 heterocycles. The number of ether oxygens (including phenoxy) is 1. The first-order valence-electron chi connectivity index (χ1n) is 9.11. The molecular weight excluding hydrogens is 376 g/mol. The third-order valence-corrected chi connectivity index (χ3v) is 5.00. The minimum atomic E-state index is 0.402. The minimum Gasteiger partial charge on any atom is -0.378 e. The molecule has 0 saturated carbocycles. The molecule has 0 unspecified atom stereocenters. The number of nitrogens with one attached hydrogen (secondary N) is 2. The largest absolute Gasteiger partial charge is 0.378 e. The van der Waals surface area contributed by atoms with Gasteiger partial charge in [0.15, 0.2) is 5.82 Å². The smallest absolute Gasteiger partial charge is 0.249 e. The van der Waals surface area contributed by atoms with Gasteiger partial charge in [0.25, 0.3) is 0 Å². The highest BCUT2D eigenvalue weighted by Gasteiger charge is 2.15. The summed E-state index contributed by atoms with van der Waals surface area (Å²) >= 11 is 6.19. The average Bonchev–Trinajstić information content (AvgIpc) is 2.73. The van der Waals surface area contributed by atoms with Gasteiger partial charge in [-0.3, -0.25) is 0 Å². The van der Waals surface area contributed by atoms with Crippen molar-refractivity contribution in [2.75, 3.05) is 41.8 Å². The Morgan fingerprint density at radius 2 is 1.79 bits per heavy atom. The number of hydrogen-bond donors (Lipinski definition) is 2. The molecule has 8 heteroatoms. The zero-order valence-electron chi connectivity index (χ0n) is 15.5. The molecule has 2 N–H and O–H groups in total. The number of benzene rings is 2. The molecule has 0 radical (unpaired) electrons. The highest BCUT2D eigenvalue weighted by atomic mass is 35.5. The Morgan fingerprint density at radius 3 is 2.64 bits per heavy atom. The van der Waals surface area contributed by atoms with Gasteiger partial charge >= 0.3 is 0 Å². The highest BCUT2D eigenvalue weighted by molar-refractivity contribution is 6.31. The molecule has 2 aromatic carbocycles. The van der Waals surface area contributed by atoms with Crippen molar-refractivity contribution in [3.8, 4) is 0 Å². The first-order valence-corrected chi connectivity index (χ1v) is 9.49. The van der Waals surface area contributed by atoms with Gasteiger partial charge < -0.3 is 20.3 Å². The normalized spacial score (nSPS) is 14.0. The maximum Gasteiger partial charge on any atom is 0.249 e. The molecule has 7 nitrogen and oxygen atoms in total. The van der Waals surface area contributed by atoms with Crippen molar-refractivity contribution in [3.05, 3.63) is 59.2 Å². The Balaban J connectivity index is 1.55. The van der Waals surface area contributed by atoms with E-state index in [0.717, 1.165) is 48.9 Å². The van der Waals surface area contributed by atoms with E-state index < -0.39 is 0 Å². The molecule has 0 bridgehead atoms. The minimum absolute atomic E-state index is 0.402. The van der Waals surface area contributed by atoms with Gasteiger partial charge in [-0.2, -0.15) is 10.1 Å². The second-order valence-electron chi connectivity index (χ2n) is 6.44. The van der Waals surface area contributed by atoms with Gasteiger partial charge in [0.05, 0.1) is 30.8 Å². The summed E-state index contributed by atoms with van der Waals surface area (Å²) in [6, 6.07) is 13.8. The summed E-state index contributed by atoms with van der Waals surface area (Å²) in [6.07, 6.45) is 1.60. The van der Waals surface area contributed by atoms with Crippen LogP contribution in [0, 0.1) is 6.92 Å². The molecule has 1 aromatic heterocycles. The third-order valence-electron chi connectivity index (χ3n) is 4.59. The Hall–Kier alpha value is -2.90. The lowest BCUT2D eigenvalue weighted by molar-refractivity contribution is 0.123. The molecule has 4 rings (SSSR count). The number of aromatic nitrogens is 3. The predicted molar refractivity (Wildman–Crippen MR) is 112 cm³/mol. The maximum absolute atomic E-state index is 6.19. The number of halogens is 1. The molecule has 3 aromatic rings. The molecule has 0 spiro atoms. The highest BCUT2D eigenvalue weighted by Crippen LogP contribution is 2.29. The van der Waals surface area contributed by atoms with Gasteiger partial charge in [-0.15, -0.1) is 5.10 Å². The predicted octanol–water partition coefficient (Wildman–Crippen LogP) is 4.16. The van der Waals surface area contributed by atoms with Crippen molar-refractivity contribution in [3.63, 3.8) is 0 Å². The lowest BCUT2D eigenvalue weighted by atomic mass is 10.2. The summed E-state index contributed by atoms with van der Waals surface area (Å²) < 4.78 is 5.46. The molecular formula is C20H21ClN6O. The van der Waals surface area contributed by atoms with E-state index >= 15 is 0 Å². The SMILES string of the molecule is Cc1c(Cl)cccc1Nc1nncc(Nc2ccccc2N2CCOCC2)n1. The zero-order valence-corrected chi connectivity index (χ0v) is 16.3. The van der Waals surface area contributed by atoms with E-state index in [1.807, 2.05) is 43.3 Å². The lowest BCUT2D eigenvalue weighted by Crippen LogP contribution is -2.36. The van der Waals surface area contributed by atoms with E-state index in [4.69, 9.17) is 16.3 Å². The van der Waals surface area contributed by atoms with Crippen LogP contribution >= 0.6 is 11.6 Å². The van der Waals surface area contributed by atoms with Gasteiger partial charge in [0.1, 0.15) is 0 Å². The fourth-order valence-electron chi connectivity index (χ4n) is 3.08. The van der Waals surface area contributed by atoms with E-state index in [1.54, 1.807) is 6.20 Å². The molecule has 0 amide bonds. The van der Waals surface area contributed by atoms with Gasteiger partial charge in [0.2, 0.25) is 5.95 Å². The third kappa shape index (κ3) is 4.16. The van der Waals surface area contributed by atoms with Crippen LogP contribution in [0.4, 0.5) is 28.8 Å². The number of morpholine rings is 1. The molecule has 28 heavy (non-hydrogen) atoms. The summed E-state index contributed by atoms with van der Waals surface area (Å²) in [4.78, 5) is 6.84. The van der Waals surface area contributed by atoms with Crippen molar-refractivity contribution in [1.82, 2.24) is 15.2 Å². The van der Waals surface area contributed by atoms with Gasteiger partial charge in [-0.05, 0) is 36.8 Å². The topological polar surface area (TPSA) is 75.2 Å². The van der Waals surface area contributed by atoms with Gasteiger partial charge in [-0.25, -0.2) is 0 Å². The fourth-order valence-corrected chi connectivity index (χ4v) is 3.25. The molecule has 1 fully saturated rings. The molecule has 1 aliphatic heterocycles. The van der Waals surface area contributed by atoms with Crippen LogP contribution in [0.15, 0.2) is 48.7 Å². The van der Waals surface area contributed by atoms with Gasteiger partial charge in [-0.1, -0.05) is 29.8 Å². The molecule has 144 valence electrons. The summed E-state index contributed by atoms with van der Waals surface area (Å²) in [5.74, 6) is 1.01. The average molecular weight is 397 g/mol. The van der Waals surface area contributed by atoms with Gasteiger partial charge in [0, 0.05) is 23.8 Å². The van der Waals surface area contributed by atoms with E-state index in [9.17, 15) is 0 Å². The molecule has 1 aliphatic rings. The number of nitrogens with zero attached hydrogens (tertiary/aromatic N) is 4. The van der Waals surface area contributed by atoms with Crippen LogP contribution in [0.3, 0.4) is 0 Å².